The van der Waals surface area contributed by atoms with Crippen LogP contribution in [-0.4, -0.2) is 18.6 Å². The zero-order valence-electron chi connectivity index (χ0n) is 10.3. The highest BCUT2D eigenvalue weighted by Gasteiger charge is 2.22. The first-order chi connectivity index (χ1) is 7.61. The first-order valence-electron chi connectivity index (χ1n) is 5.98. The summed E-state index contributed by atoms with van der Waals surface area (Å²) in [6.45, 7) is 8.34. The van der Waals surface area contributed by atoms with Crippen molar-refractivity contribution in [2.24, 2.45) is 5.73 Å². The summed E-state index contributed by atoms with van der Waals surface area (Å²) >= 11 is 0. The molecule has 3 nitrogen and oxygen atoms in total. The third-order valence-corrected chi connectivity index (χ3v) is 3.10. The van der Waals surface area contributed by atoms with Crippen molar-refractivity contribution in [2.75, 3.05) is 16.8 Å². The Morgan fingerprint density at radius 1 is 1.50 bits per heavy atom. The molecule has 1 aromatic carbocycles. The van der Waals surface area contributed by atoms with Crippen molar-refractivity contribution in [3.63, 3.8) is 0 Å². The molecule has 3 heteroatoms. The summed E-state index contributed by atoms with van der Waals surface area (Å²) in [7, 11) is 0. The lowest BCUT2D eigenvalue weighted by molar-refractivity contribution is 0.624. The Hall–Kier alpha value is -1.22. The highest BCUT2D eigenvalue weighted by atomic mass is 15.2. The number of nitrogens with one attached hydrogen (secondary N) is 1. The maximum absolute atomic E-state index is 5.69. The summed E-state index contributed by atoms with van der Waals surface area (Å²) in [5.41, 5.74) is 9.40. The molecule has 16 heavy (non-hydrogen) atoms. The van der Waals surface area contributed by atoms with Crippen molar-refractivity contribution in [2.45, 2.75) is 39.4 Å². The quantitative estimate of drug-likeness (QED) is 0.801. The van der Waals surface area contributed by atoms with Crippen molar-refractivity contribution in [1.82, 2.24) is 0 Å². The molecule has 0 fully saturated rings. The summed E-state index contributed by atoms with van der Waals surface area (Å²) in [5, 5.41) is 3.51. The predicted octanol–water partition coefficient (Wildman–Crippen LogP) is 2.17. The molecule has 0 aromatic heterocycles. The first-order valence-corrected chi connectivity index (χ1v) is 5.98. The molecule has 0 aliphatic carbocycles. The van der Waals surface area contributed by atoms with Crippen LogP contribution in [0.15, 0.2) is 18.2 Å². The molecule has 0 spiro atoms. The lowest BCUT2D eigenvalue weighted by atomic mass is 10.1. The maximum atomic E-state index is 5.69. The van der Waals surface area contributed by atoms with Gasteiger partial charge in [0.25, 0.3) is 0 Å². The van der Waals surface area contributed by atoms with E-state index in [0.29, 0.717) is 18.6 Å². The SMILES string of the molecule is CC1CN(C(C)C)c2cc(CN)ccc2N1. The van der Waals surface area contributed by atoms with Crippen LogP contribution in [0.1, 0.15) is 26.3 Å². The van der Waals surface area contributed by atoms with E-state index in [1.807, 2.05) is 0 Å². The summed E-state index contributed by atoms with van der Waals surface area (Å²) in [4.78, 5) is 2.44. The molecule has 88 valence electrons. The Kier molecular flexibility index (Phi) is 3.06. The number of fused-ring (bicyclic) bond motifs is 1. The van der Waals surface area contributed by atoms with E-state index in [4.69, 9.17) is 5.73 Å². The monoisotopic (exact) mass is 219 g/mol. The molecule has 0 amide bonds. The average molecular weight is 219 g/mol. The van der Waals surface area contributed by atoms with E-state index in [1.54, 1.807) is 0 Å². The van der Waals surface area contributed by atoms with Crippen molar-refractivity contribution in [1.29, 1.82) is 0 Å². The molecule has 0 radical (unpaired) electrons. The number of hydrogen-bond acceptors (Lipinski definition) is 3. The van der Waals surface area contributed by atoms with Gasteiger partial charge in [-0.25, -0.2) is 0 Å². The molecule has 1 heterocycles. The fraction of sp³-hybridized carbons (Fsp3) is 0.538. The Labute approximate surface area is 97.6 Å². The van der Waals surface area contributed by atoms with Crippen LogP contribution in [0.4, 0.5) is 11.4 Å². The van der Waals surface area contributed by atoms with Gasteiger partial charge in [0.05, 0.1) is 11.4 Å². The van der Waals surface area contributed by atoms with Crippen LogP contribution < -0.4 is 16.0 Å². The van der Waals surface area contributed by atoms with Gasteiger partial charge in [-0.3, -0.25) is 0 Å². The zero-order chi connectivity index (χ0) is 11.7. The van der Waals surface area contributed by atoms with Crippen LogP contribution in [0.2, 0.25) is 0 Å². The Bertz CT molecular complexity index is 373. The minimum Gasteiger partial charge on any atom is -0.379 e. The van der Waals surface area contributed by atoms with Crippen molar-refractivity contribution >= 4 is 11.4 Å². The van der Waals surface area contributed by atoms with Gasteiger partial charge in [0, 0.05) is 25.2 Å². The summed E-state index contributed by atoms with van der Waals surface area (Å²) < 4.78 is 0. The van der Waals surface area contributed by atoms with Crippen LogP contribution in [0, 0.1) is 0 Å². The molecule has 2 rings (SSSR count). The molecule has 1 aliphatic rings. The first kappa shape index (κ1) is 11.3. The number of hydrogen-bond donors (Lipinski definition) is 2. The van der Waals surface area contributed by atoms with Gasteiger partial charge in [-0.2, -0.15) is 0 Å². The van der Waals surface area contributed by atoms with Crippen molar-refractivity contribution in [3.05, 3.63) is 23.8 Å². The predicted molar refractivity (Wildman–Crippen MR) is 69.9 cm³/mol. The molecular weight excluding hydrogens is 198 g/mol. The second-order valence-corrected chi connectivity index (χ2v) is 4.85. The minimum absolute atomic E-state index is 0.499. The standard InChI is InChI=1S/C13H21N3/c1-9(2)16-8-10(3)15-12-5-4-11(7-14)6-13(12)16/h4-6,9-10,15H,7-8,14H2,1-3H3. The molecular formula is C13H21N3. The summed E-state index contributed by atoms with van der Waals surface area (Å²) in [6.07, 6.45) is 0. The lowest BCUT2D eigenvalue weighted by Gasteiger charge is -2.38. The summed E-state index contributed by atoms with van der Waals surface area (Å²) in [6, 6.07) is 7.47. The van der Waals surface area contributed by atoms with Gasteiger partial charge in [-0.15, -0.1) is 0 Å². The molecule has 0 saturated carbocycles. The van der Waals surface area contributed by atoms with Crippen LogP contribution in [-0.2, 0) is 6.54 Å². The fourth-order valence-electron chi connectivity index (χ4n) is 2.26. The smallest absolute Gasteiger partial charge is 0.0608 e. The van der Waals surface area contributed by atoms with E-state index in [0.717, 1.165) is 6.54 Å². The molecule has 1 atom stereocenters. The van der Waals surface area contributed by atoms with E-state index < -0.39 is 0 Å². The Balaban J connectivity index is 2.41. The number of nitrogens with zero attached hydrogens (tertiary/aromatic N) is 1. The highest BCUT2D eigenvalue weighted by molar-refractivity contribution is 5.73. The van der Waals surface area contributed by atoms with Gasteiger partial charge in [-0.05, 0) is 38.5 Å². The molecule has 0 bridgehead atoms. The van der Waals surface area contributed by atoms with Crippen LogP contribution in [0.3, 0.4) is 0 Å². The van der Waals surface area contributed by atoms with Crippen molar-refractivity contribution in [3.8, 4) is 0 Å². The van der Waals surface area contributed by atoms with Gasteiger partial charge >= 0.3 is 0 Å². The van der Waals surface area contributed by atoms with E-state index in [9.17, 15) is 0 Å². The van der Waals surface area contributed by atoms with Crippen LogP contribution in [0.25, 0.3) is 0 Å². The van der Waals surface area contributed by atoms with Crippen molar-refractivity contribution < 1.29 is 0 Å². The molecule has 1 aliphatic heterocycles. The zero-order valence-corrected chi connectivity index (χ0v) is 10.3. The number of benzene rings is 1. The van der Waals surface area contributed by atoms with E-state index in [-0.39, 0.29) is 0 Å². The second-order valence-electron chi connectivity index (χ2n) is 4.85. The largest absolute Gasteiger partial charge is 0.379 e. The van der Waals surface area contributed by atoms with E-state index in [1.165, 1.54) is 16.9 Å². The minimum atomic E-state index is 0.499. The van der Waals surface area contributed by atoms with E-state index >= 15 is 0 Å². The average Bonchev–Trinajstić information content (AvgIpc) is 2.27. The molecule has 1 aromatic rings. The highest BCUT2D eigenvalue weighted by Crippen LogP contribution is 2.32. The van der Waals surface area contributed by atoms with Gasteiger partial charge in [0.2, 0.25) is 0 Å². The number of rotatable bonds is 2. The fourth-order valence-corrected chi connectivity index (χ4v) is 2.26. The van der Waals surface area contributed by atoms with Gasteiger partial charge in [0.15, 0.2) is 0 Å². The topological polar surface area (TPSA) is 41.3 Å². The lowest BCUT2D eigenvalue weighted by Crippen LogP contribution is -2.43. The number of anilines is 2. The third kappa shape index (κ3) is 2.00. The van der Waals surface area contributed by atoms with Gasteiger partial charge in [-0.1, -0.05) is 6.07 Å². The molecule has 0 saturated heterocycles. The van der Waals surface area contributed by atoms with Gasteiger partial charge < -0.3 is 16.0 Å². The van der Waals surface area contributed by atoms with Crippen LogP contribution in [0.5, 0.6) is 0 Å². The normalized spacial score (nSPS) is 19.6. The van der Waals surface area contributed by atoms with E-state index in [2.05, 4.69) is 49.2 Å². The number of nitrogens with two attached hydrogens (primary N) is 1. The van der Waals surface area contributed by atoms with Gasteiger partial charge in [0.1, 0.15) is 0 Å². The maximum Gasteiger partial charge on any atom is 0.0608 e. The van der Waals surface area contributed by atoms with Crippen LogP contribution >= 0.6 is 0 Å². The third-order valence-electron chi connectivity index (χ3n) is 3.10. The Morgan fingerprint density at radius 3 is 2.88 bits per heavy atom. The second kappa shape index (κ2) is 4.34. The summed E-state index contributed by atoms with van der Waals surface area (Å²) in [5.74, 6) is 0. The molecule has 1 unspecified atom stereocenters. The molecule has 3 N–H and O–H groups in total. The Morgan fingerprint density at radius 2 is 2.25 bits per heavy atom.